The number of para-hydroxylation sites is 1. The Bertz CT molecular complexity index is 1010. The minimum absolute atomic E-state index is 0.0605. The molecule has 0 amide bonds. The van der Waals surface area contributed by atoms with Crippen molar-refractivity contribution in [3.63, 3.8) is 0 Å². The molecule has 0 aliphatic carbocycles. The smallest absolute Gasteiger partial charge is 0.264 e. The third-order valence-corrected chi connectivity index (χ3v) is 5.13. The van der Waals surface area contributed by atoms with Crippen molar-refractivity contribution in [2.45, 2.75) is 6.42 Å². The van der Waals surface area contributed by atoms with Crippen molar-refractivity contribution in [3.8, 4) is 5.75 Å². The minimum Gasteiger partial charge on any atom is -0.506 e. The summed E-state index contributed by atoms with van der Waals surface area (Å²) in [6, 6.07) is 12.4. The molecule has 2 aromatic carbocycles. The number of fused-ring (bicyclic) bond motifs is 1. The zero-order chi connectivity index (χ0) is 18.6. The average Bonchev–Trinajstić information content (AvgIpc) is 3.00. The molecule has 0 unspecified atom stereocenters. The Labute approximate surface area is 154 Å². The lowest BCUT2D eigenvalue weighted by molar-refractivity contribution is 0.476. The van der Waals surface area contributed by atoms with E-state index in [1.54, 1.807) is 12.1 Å². The number of nitrogens with one attached hydrogen (secondary N) is 1. The van der Waals surface area contributed by atoms with Crippen molar-refractivity contribution >= 4 is 48.2 Å². The lowest BCUT2D eigenvalue weighted by Crippen LogP contribution is -2.10. The quantitative estimate of drug-likeness (QED) is 0.316. The number of hydrogen-bond donors (Lipinski definition) is 3. The Hall–Kier alpha value is -2.56. The SMILES string of the molecule is O=S(=O)(O)CCCNc1ccc(N=Nc2nc3ccccc3s2)c(O)c1. The highest BCUT2D eigenvalue weighted by Gasteiger charge is 2.06. The molecule has 0 fully saturated rings. The number of hydrogen-bond acceptors (Lipinski definition) is 8. The minimum atomic E-state index is -3.96. The number of aromatic hydroxyl groups is 1. The van der Waals surface area contributed by atoms with Gasteiger partial charge in [0.05, 0.1) is 16.0 Å². The average molecular weight is 392 g/mol. The molecule has 136 valence electrons. The second kappa shape index (κ2) is 7.77. The maximum atomic E-state index is 10.6. The Morgan fingerprint density at radius 2 is 1.96 bits per heavy atom. The number of phenolic OH excluding ortho intramolecular Hbond substituents is 1. The maximum absolute atomic E-state index is 10.6. The lowest BCUT2D eigenvalue weighted by atomic mass is 10.2. The van der Waals surface area contributed by atoms with E-state index in [0.717, 1.165) is 10.2 Å². The predicted molar refractivity (Wildman–Crippen MR) is 101 cm³/mol. The van der Waals surface area contributed by atoms with Gasteiger partial charge in [0.2, 0.25) is 5.13 Å². The fraction of sp³-hybridized carbons (Fsp3) is 0.188. The molecule has 3 rings (SSSR count). The first-order valence-electron chi connectivity index (χ1n) is 7.70. The highest BCUT2D eigenvalue weighted by Crippen LogP contribution is 2.33. The molecular formula is C16H16N4O4S2. The number of nitrogens with zero attached hydrogens (tertiary/aromatic N) is 3. The molecule has 10 heteroatoms. The van der Waals surface area contributed by atoms with Crippen LogP contribution in [0.1, 0.15) is 6.42 Å². The number of phenols is 1. The molecule has 0 aliphatic heterocycles. The fourth-order valence-corrected chi connectivity index (χ4v) is 3.50. The van der Waals surface area contributed by atoms with E-state index < -0.39 is 10.1 Å². The third kappa shape index (κ3) is 4.97. The Balaban J connectivity index is 1.63. The number of anilines is 1. The van der Waals surface area contributed by atoms with Crippen molar-refractivity contribution in [2.24, 2.45) is 10.2 Å². The summed E-state index contributed by atoms with van der Waals surface area (Å²) in [5, 5.41) is 21.6. The molecule has 8 nitrogen and oxygen atoms in total. The fourth-order valence-electron chi connectivity index (χ4n) is 2.20. The molecular weight excluding hydrogens is 376 g/mol. The molecule has 26 heavy (non-hydrogen) atoms. The molecule has 0 spiro atoms. The highest BCUT2D eigenvalue weighted by atomic mass is 32.2. The molecule has 1 aromatic heterocycles. The van der Waals surface area contributed by atoms with Gasteiger partial charge in [0.15, 0.2) is 0 Å². The first kappa shape index (κ1) is 18.2. The third-order valence-electron chi connectivity index (χ3n) is 3.41. The van der Waals surface area contributed by atoms with Gasteiger partial charge in [0.1, 0.15) is 11.4 Å². The number of thiazole rings is 1. The second-order valence-electron chi connectivity index (χ2n) is 5.43. The summed E-state index contributed by atoms with van der Waals surface area (Å²) in [6.07, 6.45) is 0.249. The van der Waals surface area contributed by atoms with Crippen LogP contribution in [0, 0.1) is 0 Å². The van der Waals surface area contributed by atoms with Gasteiger partial charge in [-0.15, -0.1) is 10.2 Å². The van der Waals surface area contributed by atoms with E-state index in [-0.39, 0.29) is 17.9 Å². The second-order valence-corrected chi connectivity index (χ2v) is 8.02. The largest absolute Gasteiger partial charge is 0.506 e. The molecule has 0 saturated heterocycles. The summed E-state index contributed by atoms with van der Waals surface area (Å²) in [4.78, 5) is 4.34. The van der Waals surface area contributed by atoms with Gasteiger partial charge in [-0.3, -0.25) is 4.55 Å². The van der Waals surface area contributed by atoms with Crippen LogP contribution in [0.2, 0.25) is 0 Å². The maximum Gasteiger partial charge on any atom is 0.264 e. The normalized spacial score (nSPS) is 12.0. The van der Waals surface area contributed by atoms with Crippen LogP contribution < -0.4 is 5.32 Å². The predicted octanol–water partition coefficient (Wildman–Crippen LogP) is 4.11. The molecule has 0 radical (unpaired) electrons. The van der Waals surface area contributed by atoms with Gasteiger partial charge in [-0.25, -0.2) is 4.98 Å². The first-order valence-corrected chi connectivity index (χ1v) is 10.1. The van der Waals surface area contributed by atoms with Crippen LogP contribution >= 0.6 is 11.3 Å². The van der Waals surface area contributed by atoms with E-state index >= 15 is 0 Å². The molecule has 0 saturated carbocycles. The number of aromatic nitrogens is 1. The summed E-state index contributed by atoms with van der Waals surface area (Å²) < 4.78 is 31.0. The topological polar surface area (TPSA) is 124 Å². The van der Waals surface area contributed by atoms with Gasteiger partial charge in [-0.05, 0) is 30.7 Å². The summed E-state index contributed by atoms with van der Waals surface area (Å²) in [5.74, 6) is -0.380. The van der Waals surface area contributed by atoms with E-state index in [4.69, 9.17) is 4.55 Å². The molecule has 0 atom stereocenters. The highest BCUT2D eigenvalue weighted by molar-refractivity contribution is 7.85. The molecule has 0 aliphatic rings. The van der Waals surface area contributed by atoms with Crippen molar-refractivity contribution in [2.75, 3.05) is 17.6 Å². The van der Waals surface area contributed by atoms with Crippen molar-refractivity contribution < 1.29 is 18.1 Å². The van der Waals surface area contributed by atoms with E-state index in [0.29, 0.717) is 23.1 Å². The summed E-state index contributed by atoms with van der Waals surface area (Å²) in [5.41, 5.74) is 1.75. The van der Waals surface area contributed by atoms with Crippen LogP contribution in [-0.2, 0) is 10.1 Å². The number of benzene rings is 2. The summed E-state index contributed by atoms with van der Waals surface area (Å²) in [6.45, 7) is 0.339. The standard InChI is InChI=1S/C16H16N4O4S2/c21-14-10-11(17-8-3-9-26(22,23)24)6-7-12(14)19-20-16-18-13-4-1-2-5-15(13)25-16/h1-2,4-7,10,17,21H,3,8-9H2,(H,22,23,24). The molecule has 3 N–H and O–H groups in total. The molecule has 1 heterocycles. The van der Waals surface area contributed by atoms with Crippen LogP contribution in [0.15, 0.2) is 52.7 Å². The molecule has 3 aromatic rings. The van der Waals surface area contributed by atoms with Gasteiger partial charge in [-0.1, -0.05) is 23.5 Å². The Morgan fingerprint density at radius 3 is 2.69 bits per heavy atom. The monoisotopic (exact) mass is 392 g/mol. The first-order chi connectivity index (χ1) is 12.4. The van der Waals surface area contributed by atoms with Crippen molar-refractivity contribution in [3.05, 3.63) is 42.5 Å². The van der Waals surface area contributed by atoms with E-state index in [1.165, 1.54) is 17.4 Å². The Kier molecular flexibility index (Phi) is 5.45. The number of azo groups is 1. The van der Waals surface area contributed by atoms with Gasteiger partial charge in [-0.2, -0.15) is 8.42 Å². The van der Waals surface area contributed by atoms with E-state index in [2.05, 4.69) is 20.5 Å². The summed E-state index contributed by atoms with van der Waals surface area (Å²) in [7, 11) is -3.96. The van der Waals surface area contributed by atoms with Gasteiger partial charge < -0.3 is 10.4 Å². The lowest BCUT2D eigenvalue weighted by Gasteiger charge is -2.07. The summed E-state index contributed by atoms with van der Waals surface area (Å²) >= 11 is 1.41. The zero-order valence-corrected chi connectivity index (χ0v) is 15.2. The van der Waals surface area contributed by atoms with Crippen molar-refractivity contribution in [1.82, 2.24) is 4.98 Å². The van der Waals surface area contributed by atoms with Gasteiger partial charge >= 0.3 is 0 Å². The number of rotatable bonds is 7. The van der Waals surface area contributed by atoms with Crippen LogP contribution in [0.5, 0.6) is 5.75 Å². The zero-order valence-electron chi connectivity index (χ0n) is 13.5. The Morgan fingerprint density at radius 1 is 1.15 bits per heavy atom. The van der Waals surface area contributed by atoms with Crippen LogP contribution in [0.25, 0.3) is 10.2 Å². The van der Waals surface area contributed by atoms with Gasteiger partial charge in [0.25, 0.3) is 10.1 Å². The van der Waals surface area contributed by atoms with Crippen LogP contribution in [-0.4, -0.2) is 35.4 Å². The van der Waals surface area contributed by atoms with E-state index in [9.17, 15) is 13.5 Å². The van der Waals surface area contributed by atoms with Crippen molar-refractivity contribution in [1.29, 1.82) is 0 Å². The van der Waals surface area contributed by atoms with Crippen LogP contribution in [0.4, 0.5) is 16.5 Å². The molecule has 0 bridgehead atoms. The van der Waals surface area contributed by atoms with Crippen LogP contribution in [0.3, 0.4) is 0 Å². The van der Waals surface area contributed by atoms with E-state index in [1.807, 2.05) is 24.3 Å². The van der Waals surface area contributed by atoms with Gasteiger partial charge in [0, 0.05) is 18.3 Å².